The summed E-state index contributed by atoms with van der Waals surface area (Å²) in [6.07, 6.45) is 0. The van der Waals surface area contributed by atoms with Crippen molar-refractivity contribution in [3.8, 4) is 5.75 Å². The topological polar surface area (TPSA) is 68.1 Å². The second kappa shape index (κ2) is 4.42. The Kier molecular flexibility index (Phi) is 2.62. The van der Waals surface area contributed by atoms with Gasteiger partial charge < -0.3 is 14.7 Å². The van der Waals surface area contributed by atoms with Crippen LogP contribution in [0.3, 0.4) is 0 Å². The van der Waals surface area contributed by atoms with Crippen LogP contribution in [0.15, 0.2) is 53.7 Å². The highest BCUT2D eigenvalue weighted by Crippen LogP contribution is 2.47. The summed E-state index contributed by atoms with van der Waals surface area (Å²) in [7, 11) is 1.58. The first-order chi connectivity index (χ1) is 10.6. The summed E-state index contributed by atoms with van der Waals surface area (Å²) in [5, 5.41) is 14.8. The van der Waals surface area contributed by atoms with Crippen LogP contribution in [0.5, 0.6) is 5.75 Å². The van der Waals surface area contributed by atoms with Gasteiger partial charge in [-0.25, -0.2) is 0 Å². The summed E-state index contributed by atoms with van der Waals surface area (Å²) in [6, 6.07) is 14.1. The molecule has 2 aromatic rings. The molecule has 110 valence electrons. The fourth-order valence-electron chi connectivity index (χ4n) is 3.06. The van der Waals surface area contributed by atoms with Crippen molar-refractivity contribution in [2.45, 2.75) is 5.79 Å². The van der Waals surface area contributed by atoms with Crippen molar-refractivity contribution in [3.05, 3.63) is 65.2 Å². The van der Waals surface area contributed by atoms with Crippen LogP contribution in [0.25, 0.3) is 0 Å². The molecule has 0 amide bonds. The van der Waals surface area contributed by atoms with Gasteiger partial charge in [-0.1, -0.05) is 29.4 Å². The van der Waals surface area contributed by atoms with Crippen LogP contribution < -0.4 is 4.74 Å². The third-order valence-corrected chi connectivity index (χ3v) is 4.17. The summed E-state index contributed by atoms with van der Waals surface area (Å²) < 4.78 is 5.12. The number of ether oxygens (including phenoxy) is 1. The monoisotopic (exact) mass is 295 g/mol. The molecule has 2 atom stereocenters. The summed E-state index contributed by atoms with van der Waals surface area (Å²) in [6.45, 7) is 0. The average Bonchev–Trinajstić information content (AvgIpc) is 3.02. The Balaban J connectivity index is 1.78. The van der Waals surface area contributed by atoms with E-state index in [1.807, 2.05) is 0 Å². The van der Waals surface area contributed by atoms with E-state index in [0.29, 0.717) is 22.6 Å². The third kappa shape index (κ3) is 1.57. The number of hydrogen-bond acceptors (Lipinski definition) is 5. The van der Waals surface area contributed by atoms with Crippen LogP contribution >= 0.6 is 0 Å². The van der Waals surface area contributed by atoms with Crippen molar-refractivity contribution in [2.24, 2.45) is 11.1 Å². The smallest absolute Gasteiger partial charge is 0.277 e. The largest absolute Gasteiger partial charge is 0.497 e. The Bertz CT molecular complexity index is 797. The second-order valence-corrected chi connectivity index (χ2v) is 5.34. The molecule has 2 aliphatic rings. The van der Waals surface area contributed by atoms with Gasteiger partial charge >= 0.3 is 0 Å². The number of hydrogen-bond donors (Lipinski definition) is 1. The molecule has 1 aliphatic heterocycles. The molecule has 0 radical (unpaired) electrons. The highest BCUT2D eigenvalue weighted by Gasteiger charge is 2.59. The van der Waals surface area contributed by atoms with Gasteiger partial charge in [-0.15, -0.1) is 0 Å². The SMILES string of the molecule is COc1ccc(C2=NOC3(O)c4ccccc4C(=O)C23)cc1. The lowest BCUT2D eigenvalue weighted by Gasteiger charge is -2.20. The number of oxime groups is 1. The van der Waals surface area contributed by atoms with Crippen molar-refractivity contribution in [1.82, 2.24) is 0 Å². The summed E-state index contributed by atoms with van der Waals surface area (Å²) in [4.78, 5) is 17.9. The van der Waals surface area contributed by atoms with E-state index in [1.54, 1.807) is 55.6 Å². The number of Topliss-reactive ketones (excluding diaryl/α,β-unsaturated/α-hetero) is 1. The molecule has 2 unspecified atom stereocenters. The van der Waals surface area contributed by atoms with Crippen molar-refractivity contribution in [1.29, 1.82) is 0 Å². The minimum atomic E-state index is -1.71. The van der Waals surface area contributed by atoms with Gasteiger partial charge in [0.15, 0.2) is 5.78 Å². The minimum Gasteiger partial charge on any atom is -0.497 e. The highest BCUT2D eigenvalue weighted by molar-refractivity contribution is 6.22. The molecule has 1 aliphatic carbocycles. The fourth-order valence-corrected chi connectivity index (χ4v) is 3.06. The average molecular weight is 295 g/mol. The third-order valence-electron chi connectivity index (χ3n) is 4.17. The molecule has 0 saturated carbocycles. The van der Waals surface area contributed by atoms with E-state index in [9.17, 15) is 9.90 Å². The lowest BCUT2D eigenvalue weighted by Crippen LogP contribution is -2.35. The van der Waals surface area contributed by atoms with Crippen LogP contribution in [0.4, 0.5) is 0 Å². The van der Waals surface area contributed by atoms with Crippen molar-refractivity contribution in [2.75, 3.05) is 7.11 Å². The maximum atomic E-state index is 12.6. The molecule has 1 N–H and O–H groups in total. The molecule has 0 bridgehead atoms. The molecule has 0 aromatic heterocycles. The van der Waals surface area contributed by atoms with Crippen LogP contribution in [0.1, 0.15) is 21.5 Å². The molecular weight excluding hydrogens is 282 g/mol. The molecule has 0 spiro atoms. The van der Waals surface area contributed by atoms with E-state index in [-0.39, 0.29) is 5.78 Å². The maximum Gasteiger partial charge on any atom is 0.277 e. The van der Waals surface area contributed by atoms with Gasteiger partial charge in [-0.05, 0) is 24.3 Å². The van der Waals surface area contributed by atoms with Crippen LogP contribution in [0, 0.1) is 5.92 Å². The Morgan fingerprint density at radius 3 is 2.64 bits per heavy atom. The van der Waals surface area contributed by atoms with E-state index in [2.05, 4.69) is 5.16 Å². The summed E-state index contributed by atoms with van der Waals surface area (Å²) >= 11 is 0. The van der Waals surface area contributed by atoms with Gasteiger partial charge in [0.05, 0.1) is 7.11 Å². The lowest BCUT2D eigenvalue weighted by atomic mass is 9.90. The number of ketones is 1. The first-order valence-electron chi connectivity index (χ1n) is 6.92. The molecule has 0 saturated heterocycles. The van der Waals surface area contributed by atoms with Gasteiger partial charge in [0.25, 0.3) is 5.79 Å². The molecule has 1 heterocycles. The number of carbonyl (C=O) groups excluding carboxylic acids is 1. The number of fused-ring (bicyclic) bond motifs is 3. The second-order valence-electron chi connectivity index (χ2n) is 5.34. The first-order valence-corrected chi connectivity index (χ1v) is 6.92. The molecule has 22 heavy (non-hydrogen) atoms. The Hall–Kier alpha value is -2.66. The van der Waals surface area contributed by atoms with E-state index in [4.69, 9.17) is 9.57 Å². The predicted molar refractivity (Wildman–Crippen MR) is 78.8 cm³/mol. The van der Waals surface area contributed by atoms with Gasteiger partial charge in [-0.3, -0.25) is 4.79 Å². The zero-order valence-corrected chi connectivity index (χ0v) is 11.8. The predicted octanol–water partition coefficient (Wildman–Crippen LogP) is 2.09. The van der Waals surface area contributed by atoms with E-state index < -0.39 is 11.7 Å². The number of carbonyl (C=O) groups is 1. The molecule has 5 nitrogen and oxygen atoms in total. The minimum absolute atomic E-state index is 0.176. The van der Waals surface area contributed by atoms with Crippen LogP contribution in [-0.4, -0.2) is 23.7 Å². The summed E-state index contributed by atoms with van der Waals surface area (Å²) in [5.74, 6) is -2.01. The number of benzene rings is 2. The van der Waals surface area contributed by atoms with Gasteiger partial charge in [0.2, 0.25) is 0 Å². The molecule has 4 rings (SSSR count). The Labute approximate surface area is 126 Å². The molecular formula is C17H13NO4. The molecule has 0 fully saturated rings. The van der Waals surface area contributed by atoms with Crippen molar-refractivity contribution >= 4 is 11.5 Å². The van der Waals surface area contributed by atoms with Gasteiger partial charge in [0, 0.05) is 16.7 Å². The first kappa shape index (κ1) is 13.0. The van der Waals surface area contributed by atoms with Gasteiger partial charge in [0.1, 0.15) is 17.4 Å². The Morgan fingerprint density at radius 2 is 1.91 bits per heavy atom. The van der Waals surface area contributed by atoms with Crippen molar-refractivity contribution in [3.63, 3.8) is 0 Å². The Morgan fingerprint density at radius 1 is 1.18 bits per heavy atom. The van der Waals surface area contributed by atoms with Crippen LogP contribution in [0.2, 0.25) is 0 Å². The highest BCUT2D eigenvalue weighted by atomic mass is 16.7. The zero-order chi connectivity index (χ0) is 15.3. The molecule has 2 aromatic carbocycles. The summed E-state index contributed by atoms with van der Waals surface area (Å²) in [5.41, 5.74) is 2.11. The van der Waals surface area contributed by atoms with E-state index in [0.717, 1.165) is 5.56 Å². The fraction of sp³-hybridized carbons (Fsp3) is 0.176. The van der Waals surface area contributed by atoms with E-state index >= 15 is 0 Å². The molecule has 5 heteroatoms. The zero-order valence-electron chi connectivity index (χ0n) is 11.8. The van der Waals surface area contributed by atoms with Crippen molar-refractivity contribution < 1.29 is 19.5 Å². The maximum absolute atomic E-state index is 12.6. The number of rotatable bonds is 2. The van der Waals surface area contributed by atoms with Gasteiger partial charge in [-0.2, -0.15) is 0 Å². The number of aliphatic hydroxyl groups is 1. The normalized spacial score (nSPS) is 25.3. The number of methoxy groups -OCH3 is 1. The quantitative estimate of drug-likeness (QED) is 0.921. The van der Waals surface area contributed by atoms with Crippen LogP contribution in [-0.2, 0) is 10.6 Å². The van der Waals surface area contributed by atoms with E-state index in [1.165, 1.54) is 0 Å². The number of nitrogens with zero attached hydrogens (tertiary/aromatic N) is 1. The lowest BCUT2D eigenvalue weighted by molar-refractivity contribution is -0.204. The standard InChI is InChI=1S/C17H13NO4/c1-21-11-8-6-10(7-9-11)15-14-16(19)12-4-2-3-5-13(12)17(14,20)22-18-15/h2-9,14,20H,1H3.